The molecule has 0 saturated carbocycles. The largest absolute Gasteiger partial charge is 0.198 e. The summed E-state index contributed by atoms with van der Waals surface area (Å²) in [7, 11) is 0. The molecule has 0 fully saturated rings. The number of nitrogens with zero attached hydrogens (tertiary/aromatic N) is 1. The van der Waals surface area contributed by atoms with Gasteiger partial charge in [-0.25, -0.2) is 0 Å². The van der Waals surface area contributed by atoms with Crippen LogP contribution in [-0.4, -0.2) is 0 Å². The third-order valence-electron chi connectivity index (χ3n) is 3.37. The molecule has 1 aromatic rings. The lowest BCUT2D eigenvalue weighted by molar-refractivity contribution is 0.431. The molecule has 1 nitrogen and oxygen atoms in total. The van der Waals surface area contributed by atoms with Gasteiger partial charge in [0.15, 0.2) is 0 Å². The predicted octanol–water partition coefficient (Wildman–Crippen LogP) is 3.60. The van der Waals surface area contributed by atoms with Gasteiger partial charge in [-0.15, -0.1) is 0 Å². The van der Waals surface area contributed by atoms with Crippen molar-refractivity contribution >= 4 is 0 Å². The smallest absolute Gasteiger partial charge is 0.0628 e. The Kier molecular flexibility index (Phi) is 2.92. The van der Waals surface area contributed by atoms with Crippen molar-refractivity contribution in [3.8, 4) is 6.07 Å². The van der Waals surface area contributed by atoms with Gasteiger partial charge in [-0.05, 0) is 5.56 Å². The van der Waals surface area contributed by atoms with Gasteiger partial charge in [-0.1, -0.05) is 61.6 Å². The predicted molar refractivity (Wildman–Crippen MR) is 65.8 cm³/mol. The fraction of sp³-hybridized carbons (Fsp3) is 0.267. The topological polar surface area (TPSA) is 23.8 Å². The van der Waals surface area contributed by atoms with Gasteiger partial charge in [0.05, 0.1) is 6.07 Å². The number of hydrogen-bond donors (Lipinski definition) is 0. The first kappa shape index (κ1) is 10.7. The molecule has 0 aromatic heterocycles. The van der Waals surface area contributed by atoms with E-state index < -0.39 is 0 Å². The van der Waals surface area contributed by atoms with Crippen LogP contribution in [0.5, 0.6) is 0 Å². The van der Waals surface area contributed by atoms with Gasteiger partial charge in [0, 0.05) is 17.8 Å². The summed E-state index contributed by atoms with van der Waals surface area (Å²) in [4.78, 5) is 0. The van der Waals surface area contributed by atoms with Crippen LogP contribution in [-0.2, 0) is 5.41 Å². The summed E-state index contributed by atoms with van der Waals surface area (Å²) >= 11 is 0. The molecule has 2 rings (SSSR count). The Balaban J connectivity index is 2.40. The fourth-order valence-electron chi connectivity index (χ4n) is 2.26. The number of allylic oxidation sites excluding steroid dienone is 4. The Morgan fingerprint density at radius 3 is 2.69 bits per heavy atom. The normalized spacial score (nSPS) is 27.6. The minimum absolute atomic E-state index is 0.0499. The quantitative estimate of drug-likeness (QED) is 0.730. The Morgan fingerprint density at radius 1 is 1.25 bits per heavy atom. The average Bonchev–Trinajstić information content (AvgIpc) is 2.34. The fourth-order valence-corrected chi connectivity index (χ4v) is 2.26. The highest BCUT2D eigenvalue weighted by molar-refractivity contribution is 5.37. The van der Waals surface area contributed by atoms with Gasteiger partial charge >= 0.3 is 0 Å². The van der Waals surface area contributed by atoms with Crippen LogP contribution in [0.3, 0.4) is 0 Å². The van der Waals surface area contributed by atoms with E-state index in [9.17, 15) is 0 Å². The van der Waals surface area contributed by atoms with E-state index in [1.54, 1.807) is 0 Å². The molecule has 0 radical (unpaired) electrons. The zero-order valence-electron chi connectivity index (χ0n) is 9.43. The molecule has 0 aliphatic heterocycles. The molecule has 0 heterocycles. The molecule has 1 heteroatoms. The van der Waals surface area contributed by atoms with Gasteiger partial charge in [0.1, 0.15) is 0 Å². The van der Waals surface area contributed by atoms with Crippen molar-refractivity contribution in [3.05, 3.63) is 60.2 Å². The Morgan fingerprint density at radius 2 is 2.00 bits per heavy atom. The Bertz CT molecular complexity index is 450. The molecule has 2 unspecified atom stereocenters. The molecule has 1 aliphatic carbocycles. The second-order valence-corrected chi connectivity index (χ2v) is 4.36. The monoisotopic (exact) mass is 209 g/mol. The van der Waals surface area contributed by atoms with Crippen molar-refractivity contribution in [2.45, 2.75) is 18.8 Å². The maximum atomic E-state index is 8.89. The van der Waals surface area contributed by atoms with E-state index in [1.165, 1.54) is 5.56 Å². The summed E-state index contributed by atoms with van der Waals surface area (Å²) < 4.78 is 0. The molecule has 1 aliphatic rings. The molecule has 80 valence electrons. The minimum atomic E-state index is -0.0499. The van der Waals surface area contributed by atoms with Crippen LogP contribution in [0.2, 0.25) is 0 Å². The van der Waals surface area contributed by atoms with Crippen LogP contribution in [0, 0.1) is 17.2 Å². The van der Waals surface area contributed by atoms with Gasteiger partial charge in [-0.2, -0.15) is 5.26 Å². The lowest BCUT2D eigenvalue weighted by atomic mass is 9.68. The molecule has 0 N–H and O–H groups in total. The Hall–Kier alpha value is -1.81. The molecular formula is C15H15N. The summed E-state index contributed by atoms with van der Waals surface area (Å²) in [6, 6.07) is 12.7. The lowest BCUT2D eigenvalue weighted by Crippen LogP contribution is -2.29. The van der Waals surface area contributed by atoms with E-state index in [0.717, 1.165) is 0 Å². The van der Waals surface area contributed by atoms with Crippen molar-refractivity contribution in [3.63, 3.8) is 0 Å². The van der Waals surface area contributed by atoms with Crippen molar-refractivity contribution in [1.29, 1.82) is 5.26 Å². The Labute approximate surface area is 96.7 Å². The van der Waals surface area contributed by atoms with Gasteiger partial charge in [0.25, 0.3) is 0 Å². The number of rotatable bonds is 2. The summed E-state index contributed by atoms with van der Waals surface area (Å²) in [6.45, 7) is 2.20. The minimum Gasteiger partial charge on any atom is -0.198 e. The zero-order chi connectivity index (χ0) is 11.4. The average molecular weight is 209 g/mol. The van der Waals surface area contributed by atoms with E-state index >= 15 is 0 Å². The first-order valence-electron chi connectivity index (χ1n) is 5.56. The van der Waals surface area contributed by atoms with Crippen LogP contribution in [0.1, 0.15) is 18.9 Å². The van der Waals surface area contributed by atoms with Gasteiger partial charge < -0.3 is 0 Å². The summed E-state index contributed by atoms with van der Waals surface area (Å²) in [5.41, 5.74) is 1.22. The maximum absolute atomic E-state index is 8.89. The molecular weight excluding hydrogens is 194 g/mol. The van der Waals surface area contributed by atoms with Crippen LogP contribution in [0.25, 0.3) is 0 Å². The number of hydrogen-bond acceptors (Lipinski definition) is 1. The van der Waals surface area contributed by atoms with Gasteiger partial charge in [0.2, 0.25) is 0 Å². The molecule has 0 spiro atoms. The highest BCUT2D eigenvalue weighted by Gasteiger charge is 2.32. The molecule has 16 heavy (non-hydrogen) atoms. The number of nitriles is 1. The zero-order valence-corrected chi connectivity index (χ0v) is 9.43. The molecule has 2 atom stereocenters. The van der Waals surface area contributed by atoms with E-state index in [0.29, 0.717) is 6.42 Å². The standard InChI is InChI=1S/C15H15N/c1-15(13-7-3-2-4-8-13)11-6-5-9-14(15)10-12-16/h2-9,11,14H,10H2,1H3. The van der Waals surface area contributed by atoms with Crippen molar-refractivity contribution in [2.24, 2.45) is 5.92 Å². The highest BCUT2D eigenvalue weighted by atomic mass is 14.4. The van der Waals surface area contributed by atoms with Crippen molar-refractivity contribution in [1.82, 2.24) is 0 Å². The van der Waals surface area contributed by atoms with Gasteiger partial charge in [-0.3, -0.25) is 0 Å². The van der Waals surface area contributed by atoms with E-state index in [1.807, 2.05) is 12.1 Å². The molecule has 0 amide bonds. The van der Waals surface area contributed by atoms with Crippen molar-refractivity contribution < 1.29 is 0 Å². The third kappa shape index (κ3) is 1.79. The first-order valence-corrected chi connectivity index (χ1v) is 5.56. The SMILES string of the molecule is CC1(c2ccccc2)C=CC=CC1CC#N. The number of benzene rings is 1. The highest BCUT2D eigenvalue weighted by Crippen LogP contribution is 2.38. The van der Waals surface area contributed by atoms with Crippen molar-refractivity contribution in [2.75, 3.05) is 0 Å². The van der Waals surface area contributed by atoms with E-state index in [2.05, 4.69) is 55.5 Å². The third-order valence-corrected chi connectivity index (χ3v) is 3.37. The summed E-state index contributed by atoms with van der Waals surface area (Å²) in [6.07, 6.45) is 9.00. The first-order chi connectivity index (χ1) is 7.77. The summed E-state index contributed by atoms with van der Waals surface area (Å²) in [5, 5.41) is 8.89. The lowest BCUT2D eigenvalue weighted by Gasteiger charge is -2.34. The van der Waals surface area contributed by atoms with E-state index in [-0.39, 0.29) is 11.3 Å². The second-order valence-electron chi connectivity index (χ2n) is 4.36. The van der Waals surface area contributed by atoms with Crippen LogP contribution in [0.15, 0.2) is 54.6 Å². The molecule has 0 saturated heterocycles. The van der Waals surface area contributed by atoms with E-state index in [4.69, 9.17) is 5.26 Å². The maximum Gasteiger partial charge on any atom is 0.0628 e. The van der Waals surface area contributed by atoms with Crippen LogP contribution < -0.4 is 0 Å². The second kappa shape index (κ2) is 4.37. The molecule has 1 aromatic carbocycles. The summed E-state index contributed by atoms with van der Waals surface area (Å²) in [5.74, 6) is 0.268. The van der Waals surface area contributed by atoms with Crippen LogP contribution >= 0.6 is 0 Å². The molecule has 0 bridgehead atoms. The van der Waals surface area contributed by atoms with Crippen LogP contribution in [0.4, 0.5) is 0 Å².